The number of carbonyl (C=O) groups is 1. The molecular formula is C11H9BrN2O3. The van der Waals surface area contributed by atoms with Crippen LogP contribution in [0.2, 0.25) is 0 Å². The number of fused-ring (bicyclic) bond motifs is 1. The maximum Gasteiger partial charge on any atom is 0.335 e. The molecule has 0 aliphatic carbocycles. The molecule has 0 saturated heterocycles. The molecule has 0 atom stereocenters. The Labute approximate surface area is 105 Å². The van der Waals surface area contributed by atoms with E-state index in [0.29, 0.717) is 23.7 Å². The lowest BCUT2D eigenvalue weighted by molar-refractivity contribution is 0.0697. The first-order chi connectivity index (χ1) is 8.06. The number of oxazole rings is 1. The van der Waals surface area contributed by atoms with E-state index in [1.54, 1.807) is 6.07 Å². The van der Waals surface area contributed by atoms with E-state index < -0.39 is 5.97 Å². The van der Waals surface area contributed by atoms with E-state index in [-0.39, 0.29) is 5.56 Å². The lowest BCUT2D eigenvalue weighted by atomic mass is 10.2. The number of aromatic nitrogens is 1. The molecule has 0 saturated carbocycles. The third-order valence-corrected chi connectivity index (χ3v) is 2.35. The van der Waals surface area contributed by atoms with Gasteiger partial charge in [0.05, 0.1) is 12.1 Å². The number of carboxylic acids is 1. The van der Waals surface area contributed by atoms with E-state index in [2.05, 4.69) is 32.8 Å². The highest BCUT2D eigenvalue weighted by Crippen LogP contribution is 2.20. The highest BCUT2D eigenvalue weighted by Gasteiger charge is 2.09. The zero-order valence-corrected chi connectivity index (χ0v) is 10.3. The van der Waals surface area contributed by atoms with Crippen LogP contribution in [0.5, 0.6) is 0 Å². The molecule has 2 rings (SSSR count). The molecule has 1 aromatic carbocycles. The predicted octanol–water partition coefficient (Wildman–Crippen LogP) is 2.85. The van der Waals surface area contributed by atoms with Crippen molar-refractivity contribution in [1.82, 2.24) is 4.98 Å². The summed E-state index contributed by atoms with van der Waals surface area (Å²) in [7, 11) is 0. The summed E-state index contributed by atoms with van der Waals surface area (Å²) in [5, 5.41) is 11.7. The van der Waals surface area contributed by atoms with Gasteiger partial charge in [0.15, 0.2) is 5.58 Å². The first-order valence-electron chi connectivity index (χ1n) is 4.77. The summed E-state index contributed by atoms with van der Waals surface area (Å²) < 4.78 is 6.13. The number of halogens is 1. The number of benzene rings is 1. The fraction of sp³-hybridized carbons (Fsp3) is 0.0909. The number of nitrogens with one attached hydrogen (secondary N) is 1. The number of carboxylic acid groups (broad SMARTS) is 1. The second kappa shape index (κ2) is 4.58. The van der Waals surface area contributed by atoms with Gasteiger partial charge in [-0.1, -0.05) is 22.5 Å². The zero-order chi connectivity index (χ0) is 12.4. The Morgan fingerprint density at radius 1 is 1.59 bits per heavy atom. The van der Waals surface area contributed by atoms with Gasteiger partial charge in [-0.05, 0) is 18.2 Å². The van der Waals surface area contributed by atoms with Gasteiger partial charge in [-0.15, -0.1) is 0 Å². The topological polar surface area (TPSA) is 75.4 Å². The van der Waals surface area contributed by atoms with Crippen LogP contribution in [0.15, 0.2) is 33.7 Å². The number of anilines is 1. The van der Waals surface area contributed by atoms with Gasteiger partial charge in [-0.2, -0.15) is 4.98 Å². The zero-order valence-electron chi connectivity index (χ0n) is 8.74. The third kappa shape index (κ3) is 2.65. The number of hydrogen-bond donors (Lipinski definition) is 2. The van der Waals surface area contributed by atoms with Crippen molar-refractivity contribution in [3.05, 3.63) is 34.8 Å². The molecule has 2 N–H and O–H groups in total. The highest BCUT2D eigenvalue weighted by atomic mass is 79.9. The van der Waals surface area contributed by atoms with Crippen LogP contribution in [0.1, 0.15) is 10.4 Å². The molecule has 2 aromatic rings. The van der Waals surface area contributed by atoms with Gasteiger partial charge < -0.3 is 14.8 Å². The Bertz CT molecular complexity index is 591. The summed E-state index contributed by atoms with van der Waals surface area (Å²) in [6.07, 6.45) is 0. The van der Waals surface area contributed by atoms with Crippen molar-refractivity contribution in [1.29, 1.82) is 0 Å². The van der Waals surface area contributed by atoms with Crippen LogP contribution >= 0.6 is 15.9 Å². The quantitative estimate of drug-likeness (QED) is 0.907. The summed E-state index contributed by atoms with van der Waals surface area (Å²) in [4.78, 5) is 14.9. The van der Waals surface area contributed by atoms with Crippen LogP contribution in [0.3, 0.4) is 0 Å². The molecular weight excluding hydrogens is 288 g/mol. The van der Waals surface area contributed by atoms with Gasteiger partial charge in [0.2, 0.25) is 0 Å². The Morgan fingerprint density at radius 2 is 2.35 bits per heavy atom. The van der Waals surface area contributed by atoms with Crippen molar-refractivity contribution in [2.45, 2.75) is 0 Å². The number of hydrogen-bond acceptors (Lipinski definition) is 4. The molecule has 0 unspecified atom stereocenters. The number of rotatable bonds is 4. The van der Waals surface area contributed by atoms with Crippen LogP contribution in [0.25, 0.3) is 11.1 Å². The fourth-order valence-corrected chi connectivity index (χ4v) is 1.44. The smallest absolute Gasteiger partial charge is 0.335 e. The minimum absolute atomic E-state index is 0.171. The second-order valence-electron chi connectivity index (χ2n) is 3.38. The fourth-order valence-electron chi connectivity index (χ4n) is 1.30. The molecule has 1 aromatic heterocycles. The molecule has 0 aliphatic heterocycles. The Kier molecular flexibility index (Phi) is 3.14. The monoisotopic (exact) mass is 296 g/mol. The first kappa shape index (κ1) is 11.7. The number of aromatic carboxylic acids is 1. The summed E-state index contributed by atoms with van der Waals surface area (Å²) in [6, 6.07) is 4.87. The first-order valence-corrected chi connectivity index (χ1v) is 5.56. The maximum absolute atomic E-state index is 10.8. The van der Waals surface area contributed by atoms with Crippen LogP contribution in [0.4, 0.5) is 6.01 Å². The van der Waals surface area contributed by atoms with Crippen LogP contribution in [-0.2, 0) is 0 Å². The van der Waals surface area contributed by atoms with E-state index in [4.69, 9.17) is 9.52 Å². The van der Waals surface area contributed by atoms with Crippen LogP contribution in [-0.4, -0.2) is 22.6 Å². The van der Waals surface area contributed by atoms with Crippen molar-refractivity contribution in [3.63, 3.8) is 0 Å². The third-order valence-electron chi connectivity index (χ3n) is 2.07. The molecule has 1 heterocycles. The van der Waals surface area contributed by atoms with Crippen LogP contribution in [0, 0.1) is 0 Å². The second-order valence-corrected chi connectivity index (χ2v) is 4.50. The van der Waals surface area contributed by atoms with Crippen LogP contribution < -0.4 is 5.32 Å². The molecule has 0 amide bonds. The van der Waals surface area contributed by atoms with Crippen molar-refractivity contribution < 1.29 is 14.3 Å². The summed E-state index contributed by atoms with van der Waals surface area (Å²) in [6.45, 7) is 4.15. The van der Waals surface area contributed by atoms with Crippen molar-refractivity contribution >= 4 is 39.0 Å². The molecule has 0 radical (unpaired) electrons. The van der Waals surface area contributed by atoms with Gasteiger partial charge in [-0.25, -0.2) is 4.79 Å². The van der Waals surface area contributed by atoms with E-state index in [9.17, 15) is 4.79 Å². The molecule has 5 nitrogen and oxygen atoms in total. The van der Waals surface area contributed by atoms with Crippen molar-refractivity contribution in [2.24, 2.45) is 0 Å². The van der Waals surface area contributed by atoms with E-state index in [1.807, 2.05) is 0 Å². The largest absolute Gasteiger partial charge is 0.478 e. The van der Waals surface area contributed by atoms with Gasteiger partial charge in [0, 0.05) is 4.48 Å². The van der Waals surface area contributed by atoms with Gasteiger partial charge in [0.25, 0.3) is 6.01 Å². The average Bonchev–Trinajstić information content (AvgIpc) is 2.67. The van der Waals surface area contributed by atoms with Gasteiger partial charge in [0.1, 0.15) is 5.52 Å². The lowest BCUT2D eigenvalue weighted by Crippen LogP contribution is -1.99. The normalized spacial score (nSPS) is 10.4. The minimum Gasteiger partial charge on any atom is -0.478 e. The molecule has 6 heteroatoms. The van der Waals surface area contributed by atoms with E-state index in [1.165, 1.54) is 12.1 Å². The lowest BCUT2D eigenvalue weighted by Gasteiger charge is -1.96. The SMILES string of the molecule is C=C(Br)CNc1nc2ccc(C(=O)O)cc2o1. The minimum atomic E-state index is -0.994. The summed E-state index contributed by atoms with van der Waals surface area (Å²) in [5.74, 6) is -0.994. The van der Waals surface area contributed by atoms with E-state index in [0.717, 1.165) is 4.48 Å². The summed E-state index contributed by atoms with van der Waals surface area (Å²) >= 11 is 3.20. The van der Waals surface area contributed by atoms with Gasteiger partial charge >= 0.3 is 5.97 Å². The van der Waals surface area contributed by atoms with Gasteiger partial charge in [-0.3, -0.25) is 0 Å². The summed E-state index contributed by atoms with van der Waals surface area (Å²) in [5.41, 5.74) is 1.22. The Morgan fingerprint density at radius 3 is 3.00 bits per heavy atom. The Hall–Kier alpha value is -1.82. The van der Waals surface area contributed by atoms with Crippen molar-refractivity contribution in [2.75, 3.05) is 11.9 Å². The molecule has 88 valence electrons. The molecule has 0 bridgehead atoms. The molecule has 17 heavy (non-hydrogen) atoms. The number of nitrogens with zero attached hydrogens (tertiary/aromatic N) is 1. The van der Waals surface area contributed by atoms with E-state index >= 15 is 0 Å². The predicted molar refractivity (Wildman–Crippen MR) is 67.5 cm³/mol. The molecule has 0 fully saturated rings. The maximum atomic E-state index is 10.8. The average molecular weight is 297 g/mol. The highest BCUT2D eigenvalue weighted by molar-refractivity contribution is 9.11. The molecule has 0 aliphatic rings. The Balaban J connectivity index is 2.30. The molecule has 0 spiro atoms. The standard InChI is InChI=1S/C11H9BrN2O3/c1-6(12)5-13-11-14-8-3-2-7(10(15)16)4-9(8)17-11/h2-4H,1,5H2,(H,13,14)(H,15,16). The van der Waals surface area contributed by atoms with Crippen molar-refractivity contribution in [3.8, 4) is 0 Å².